The van der Waals surface area contributed by atoms with Crippen LogP contribution in [0.1, 0.15) is 33.3 Å². The third kappa shape index (κ3) is 7.55. The van der Waals surface area contributed by atoms with Crippen LogP contribution in [0.4, 0.5) is 8.78 Å². The normalized spacial score (nSPS) is 12.8. The van der Waals surface area contributed by atoms with Crippen LogP contribution in [0, 0.1) is 11.6 Å². The van der Waals surface area contributed by atoms with Crippen LogP contribution < -0.4 is 10.6 Å². The number of carbonyl (C=O) groups excluding carboxylic acids is 1. The van der Waals surface area contributed by atoms with Crippen molar-refractivity contribution in [2.45, 2.75) is 38.5 Å². The number of aryl methyl sites for hydroxylation is 1. The molecule has 0 aliphatic carbocycles. The first-order valence-electron chi connectivity index (χ1n) is 12.3. The minimum absolute atomic E-state index is 0.0749. The van der Waals surface area contributed by atoms with Crippen LogP contribution >= 0.6 is 11.3 Å². The van der Waals surface area contributed by atoms with Gasteiger partial charge in [0.05, 0.1) is 17.0 Å². The molecule has 0 aliphatic heterocycles. The van der Waals surface area contributed by atoms with Gasteiger partial charge in [-0.15, -0.1) is 11.3 Å². The van der Waals surface area contributed by atoms with E-state index in [1.807, 2.05) is 47.8 Å². The average molecular weight is 521 g/mol. The number of carbonyl (C=O) groups is 1. The second-order valence-electron chi connectivity index (χ2n) is 9.00. The number of halogens is 2. The maximum absolute atomic E-state index is 13.8. The number of rotatable bonds is 11. The van der Waals surface area contributed by atoms with Gasteiger partial charge in [-0.3, -0.25) is 4.79 Å². The Bertz CT molecular complexity index is 1310. The van der Waals surface area contributed by atoms with Gasteiger partial charge in [-0.05, 0) is 64.2 Å². The maximum atomic E-state index is 13.8. The first-order valence-corrected chi connectivity index (χ1v) is 13.2. The van der Waals surface area contributed by atoms with Crippen LogP contribution in [0.15, 0.2) is 84.2 Å². The molecule has 4 aromatic rings. The molecule has 37 heavy (non-hydrogen) atoms. The summed E-state index contributed by atoms with van der Waals surface area (Å²) in [4.78, 5) is 13.6. The van der Waals surface area contributed by atoms with Gasteiger partial charge in [0.2, 0.25) is 0 Å². The van der Waals surface area contributed by atoms with Crippen molar-refractivity contribution in [3.63, 3.8) is 0 Å². The number of amides is 1. The molecular formula is C30H30F2N2O2S. The van der Waals surface area contributed by atoms with Gasteiger partial charge in [0.25, 0.3) is 5.91 Å². The average Bonchev–Trinajstić information content (AvgIpc) is 3.39. The van der Waals surface area contributed by atoms with E-state index >= 15 is 0 Å². The second kappa shape index (κ2) is 12.7. The molecule has 0 bridgehead atoms. The number of aliphatic hydroxyl groups is 1. The van der Waals surface area contributed by atoms with Gasteiger partial charge in [0, 0.05) is 19.2 Å². The summed E-state index contributed by atoms with van der Waals surface area (Å²) in [6.07, 6.45) is 0.0211. The molecule has 1 heterocycles. The number of benzene rings is 3. The van der Waals surface area contributed by atoms with Crippen LogP contribution in [0.2, 0.25) is 0 Å². The fourth-order valence-electron chi connectivity index (χ4n) is 4.21. The van der Waals surface area contributed by atoms with Crippen LogP contribution in [0.5, 0.6) is 0 Å². The highest BCUT2D eigenvalue weighted by molar-refractivity contribution is 7.12. The van der Waals surface area contributed by atoms with Crippen molar-refractivity contribution in [2.75, 3.05) is 6.54 Å². The lowest BCUT2D eigenvalue weighted by Crippen LogP contribution is -2.48. The summed E-state index contributed by atoms with van der Waals surface area (Å²) in [7, 11) is 0. The second-order valence-corrected chi connectivity index (χ2v) is 9.91. The molecule has 4 rings (SSSR count). The van der Waals surface area contributed by atoms with E-state index in [2.05, 4.69) is 29.7 Å². The summed E-state index contributed by atoms with van der Waals surface area (Å²) in [6, 6.07) is 22.2. The molecule has 0 fully saturated rings. The highest BCUT2D eigenvalue weighted by Gasteiger charge is 2.24. The van der Waals surface area contributed by atoms with Gasteiger partial charge < -0.3 is 15.7 Å². The Hall–Kier alpha value is -3.39. The van der Waals surface area contributed by atoms with Crippen molar-refractivity contribution in [3.8, 4) is 11.1 Å². The lowest BCUT2D eigenvalue weighted by Gasteiger charge is -2.25. The van der Waals surface area contributed by atoms with Gasteiger partial charge in [-0.25, -0.2) is 8.78 Å². The Morgan fingerprint density at radius 1 is 0.892 bits per heavy atom. The van der Waals surface area contributed by atoms with Crippen molar-refractivity contribution in [3.05, 3.63) is 117 Å². The molecule has 0 saturated carbocycles. The van der Waals surface area contributed by atoms with Crippen molar-refractivity contribution in [1.29, 1.82) is 0 Å². The number of thiophene rings is 1. The van der Waals surface area contributed by atoms with E-state index in [9.17, 15) is 18.7 Å². The number of nitrogens with one attached hydrogen (secondary N) is 2. The number of hydrogen-bond donors (Lipinski definition) is 3. The third-order valence-electron chi connectivity index (χ3n) is 6.17. The van der Waals surface area contributed by atoms with E-state index < -0.39 is 23.8 Å². The predicted molar refractivity (Wildman–Crippen MR) is 145 cm³/mol. The predicted octanol–water partition coefficient (Wildman–Crippen LogP) is 5.75. The molecule has 0 radical (unpaired) electrons. The lowest BCUT2D eigenvalue weighted by molar-refractivity contribution is 0.0833. The SMILES string of the molecule is CCc1cccc(CNC[C@H](O)[C@@H](Cc2cc(F)cc(F)c2)NC(=O)c2cc(-c3ccccc3)cs2)c1. The summed E-state index contributed by atoms with van der Waals surface area (Å²) in [5.41, 5.74) is 4.60. The third-order valence-corrected chi connectivity index (χ3v) is 7.10. The maximum Gasteiger partial charge on any atom is 0.261 e. The first kappa shape index (κ1) is 26.7. The van der Waals surface area contributed by atoms with E-state index in [4.69, 9.17) is 0 Å². The zero-order valence-electron chi connectivity index (χ0n) is 20.6. The molecule has 0 saturated heterocycles. The van der Waals surface area contributed by atoms with Gasteiger partial charge >= 0.3 is 0 Å². The van der Waals surface area contributed by atoms with E-state index in [1.165, 1.54) is 29.0 Å². The molecule has 7 heteroatoms. The molecule has 2 atom stereocenters. The largest absolute Gasteiger partial charge is 0.390 e. The Balaban J connectivity index is 1.46. The van der Waals surface area contributed by atoms with E-state index in [1.54, 1.807) is 6.07 Å². The highest BCUT2D eigenvalue weighted by atomic mass is 32.1. The van der Waals surface area contributed by atoms with E-state index in [0.717, 1.165) is 29.2 Å². The molecule has 0 aliphatic rings. The summed E-state index contributed by atoms with van der Waals surface area (Å²) in [5.74, 6) is -1.74. The smallest absolute Gasteiger partial charge is 0.261 e. The standard InChI is InChI=1S/C30H30F2N2O2S/c1-2-20-7-6-8-21(11-20)17-33-18-28(35)27(14-22-12-25(31)16-26(32)13-22)34-30(36)29-15-24(19-37-29)23-9-4-3-5-10-23/h3-13,15-16,19,27-28,33,35H,2,14,17-18H2,1H3,(H,34,36)/t27-,28+/m1/s1. The summed E-state index contributed by atoms with van der Waals surface area (Å²) in [5, 5.41) is 19.0. The Morgan fingerprint density at radius 2 is 1.62 bits per heavy atom. The van der Waals surface area contributed by atoms with Gasteiger partial charge in [-0.1, -0.05) is 61.5 Å². The molecule has 192 valence electrons. The monoisotopic (exact) mass is 520 g/mol. The number of aliphatic hydroxyl groups excluding tert-OH is 1. The van der Waals surface area contributed by atoms with E-state index in [-0.39, 0.29) is 18.9 Å². The van der Waals surface area contributed by atoms with Crippen molar-refractivity contribution in [2.24, 2.45) is 0 Å². The summed E-state index contributed by atoms with van der Waals surface area (Å²) < 4.78 is 27.6. The van der Waals surface area contributed by atoms with Gasteiger partial charge in [0.1, 0.15) is 11.6 Å². The summed E-state index contributed by atoms with van der Waals surface area (Å²) >= 11 is 1.31. The quantitative estimate of drug-likeness (QED) is 0.236. The molecule has 3 aromatic carbocycles. The van der Waals surface area contributed by atoms with Crippen molar-refractivity contribution in [1.82, 2.24) is 10.6 Å². The summed E-state index contributed by atoms with van der Waals surface area (Å²) in [6.45, 7) is 2.83. The van der Waals surface area contributed by atoms with Crippen molar-refractivity contribution < 1.29 is 18.7 Å². The molecule has 0 spiro atoms. The zero-order chi connectivity index (χ0) is 26.2. The zero-order valence-corrected chi connectivity index (χ0v) is 21.4. The van der Waals surface area contributed by atoms with Gasteiger partial charge in [0.15, 0.2) is 0 Å². The minimum atomic E-state index is -0.988. The fourth-order valence-corrected chi connectivity index (χ4v) is 5.03. The van der Waals surface area contributed by atoms with Crippen LogP contribution in [-0.4, -0.2) is 29.7 Å². The molecule has 1 aromatic heterocycles. The first-order chi connectivity index (χ1) is 17.9. The van der Waals surface area contributed by atoms with Crippen LogP contribution in [0.25, 0.3) is 11.1 Å². The Kier molecular flexibility index (Phi) is 9.17. The lowest BCUT2D eigenvalue weighted by atomic mass is 10.00. The van der Waals surface area contributed by atoms with Gasteiger partial charge in [-0.2, -0.15) is 0 Å². The van der Waals surface area contributed by atoms with Crippen LogP contribution in [0.3, 0.4) is 0 Å². The molecule has 0 unspecified atom stereocenters. The molecule has 1 amide bonds. The van der Waals surface area contributed by atoms with Crippen molar-refractivity contribution >= 4 is 17.2 Å². The topological polar surface area (TPSA) is 61.4 Å². The molecule has 3 N–H and O–H groups in total. The Labute approximate surface area is 220 Å². The highest BCUT2D eigenvalue weighted by Crippen LogP contribution is 2.25. The molecule has 4 nitrogen and oxygen atoms in total. The minimum Gasteiger partial charge on any atom is -0.390 e. The number of hydrogen-bond acceptors (Lipinski definition) is 4. The van der Waals surface area contributed by atoms with E-state index in [0.29, 0.717) is 17.0 Å². The Morgan fingerprint density at radius 3 is 2.35 bits per heavy atom. The van der Waals surface area contributed by atoms with Crippen LogP contribution in [-0.2, 0) is 19.4 Å². The molecular weight excluding hydrogens is 490 g/mol. The fraction of sp³-hybridized carbons (Fsp3) is 0.233.